The third-order valence-electron chi connectivity index (χ3n) is 2.61. The molecule has 2 aromatic rings. The highest BCUT2D eigenvalue weighted by Gasteiger charge is 2.12. The topological polar surface area (TPSA) is 53.6 Å². The average Bonchev–Trinajstić information content (AvgIpc) is 2.74. The third-order valence-corrected chi connectivity index (χ3v) is 2.61. The van der Waals surface area contributed by atoms with Crippen LogP contribution in [0.4, 0.5) is 0 Å². The predicted molar refractivity (Wildman–Crippen MR) is 64.0 cm³/mol. The molecule has 0 aliphatic carbocycles. The lowest BCUT2D eigenvalue weighted by atomic mass is 10.1. The summed E-state index contributed by atoms with van der Waals surface area (Å²) in [6, 6.07) is 3.96. The SMILES string of the molecule is CCc1[nH]nc(-c2ccncc2)c1CNC. The summed E-state index contributed by atoms with van der Waals surface area (Å²) in [6.45, 7) is 2.96. The van der Waals surface area contributed by atoms with Gasteiger partial charge in [0.2, 0.25) is 0 Å². The number of hydrogen-bond donors (Lipinski definition) is 2. The van der Waals surface area contributed by atoms with Gasteiger partial charge in [-0.2, -0.15) is 5.10 Å². The number of H-pyrrole nitrogens is 1. The van der Waals surface area contributed by atoms with E-state index in [0.29, 0.717) is 0 Å². The first-order chi connectivity index (χ1) is 7.86. The number of nitrogens with one attached hydrogen (secondary N) is 2. The molecule has 4 heteroatoms. The van der Waals surface area contributed by atoms with Crippen molar-refractivity contribution in [1.29, 1.82) is 0 Å². The summed E-state index contributed by atoms with van der Waals surface area (Å²) in [5.41, 5.74) is 4.57. The minimum atomic E-state index is 0.831. The van der Waals surface area contributed by atoms with Crippen LogP contribution in [0.3, 0.4) is 0 Å². The molecule has 0 fully saturated rings. The maximum absolute atomic E-state index is 4.38. The second-order valence-electron chi connectivity index (χ2n) is 3.65. The normalized spacial score (nSPS) is 10.6. The Balaban J connectivity index is 2.44. The Morgan fingerprint density at radius 3 is 2.69 bits per heavy atom. The van der Waals surface area contributed by atoms with Crippen molar-refractivity contribution in [2.24, 2.45) is 0 Å². The maximum atomic E-state index is 4.38. The lowest BCUT2D eigenvalue weighted by molar-refractivity contribution is 0.805. The average molecular weight is 216 g/mol. The molecule has 0 radical (unpaired) electrons. The molecule has 0 saturated heterocycles. The van der Waals surface area contributed by atoms with Gasteiger partial charge in [-0.15, -0.1) is 0 Å². The van der Waals surface area contributed by atoms with Crippen LogP contribution in [0.2, 0.25) is 0 Å². The van der Waals surface area contributed by atoms with Gasteiger partial charge in [0.1, 0.15) is 0 Å². The Bertz CT molecular complexity index is 447. The van der Waals surface area contributed by atoms with E-state index >= 15 is 0 Å². The van der Waals surface area contributed by atoms with Crippen LogP contribution in [0.15, 0.2) is 24.5 Å². The van der Waals surface area contributed by atoms with Crippen molar-refractivity contribution in [3.05, 3.63) is 35.8 Å². The first-order valence-electron chi connectivity index (χ1n) is 5.48. The molecule has 0 aliphatic rings. The van der Waals surface area contributed by atoms with Crippen LogP contribution < -0.4 is 5.32 Å². The fraction of sp³-hybridized carbons (Fsp3) is 0.333. The Hall–Kier alpha value is -1.68. The highest BCUT2D eigenvalue weighted by Crippen LogP contribution is 2.23. The van der Waals surface area contributed by atoms with E-state index in [9.17, 15) is 0 Å². The Morgan fingerprint density at radius 1 is 1.31 bits per heavy atom. The molecular formula is C12H16N4. The van der Waals surface area contributed by atoms with Gasteiger partial charge in [0.05, 0.1) is 5.69 Å². The third kappa shape index (κ3) is 1.97. The standard InChI is InChI=1S/C12H16N4/c1-3-11-10(8-13-2)12(16-15-11)9-4-6-14-7-5-9/h4-7,13H,3,8H2,1-2H3,(H,15,16). The number of aromatic amines is 1. The Labute approximate surface area is 95.1 Å². The predicted octanol–water partition coefficient (Wildman–Crippen LogP) is 1.75. The van der Waals surface area contributed by atoms with E-state index in [1.807, 2.05) is 19.2 Å². The molecule has 0 spiro atoms. The highest BCUT2D eigenvalue weighted by atomic mass is 15.1. The Kier molecular flexibility index (Phi) is 3.31. The molecular weight excluding hydrogens is 200 g/mol. The van der Waals surface area contributed by atoms with Crippen LogP contribution in [0.25, 0.3) is 11.3 Å². The molecule has 0 bridgehead atoms. The van der Waals surface area contributed by atoms with Gasteiger partial charge in [0.25, 0.3) is 0 Å². The number of rotatable bonds is 4. The van der Waals surface area contributed by atoms with E-state index in [4.69, 9.17) is 0 Å². The van der Waals surface area contributed by atoms with Crippen molar-refractivity contribution in [2.45, 2.75) is 19.9 Å². The summed E-state index contributed by atoms with van der Waals surface area (Å²) < 4.78 is 0. The number of aryl methyl sites for hydroxylation is 1. The van der Waals surface area contributed by atoms with Crippen LogP contribution in [0.5, 0.6) is 0 Å². The monoisotopic (exact) mass is 216 g/mol. The molecule has 0 aromatic carbocycles. The molecule has 2 N–H and O–H groups in total. The van der Waals surface area contributed by atoms with Gasteiger partial charge in [-0.05, 0) is 25.6 Å². The van der Waals surface area contributed by atoms with Crippen LogP contribution in [-0.4, -0.2) is 22.2 Å². The molecule has 84 valence electrons. The van der Waals surface area contributed by atoms with Gasteiger partial charge in [0, 0.05) is 35.8 Å². The molecule has 4 nitrogen and oxygen atoms in total. The fourth-order valence-corrected chi connectivity index (χ4v) is 1.81. The van der Waals surface area contributed by atoms with Crippen molar-refractivity contribution in [2.75, 3.05) is 7.05 Å². The quantitative estimate of drug-likeness (QED) is 0.818. The van der Waals surface area contributed by atoms with E-state index in [-0.39, 0.29) is 0 Å². The van der Waals surface area contributed by atoms with E-state index in [1.165, 1.54) is 11.3 Å². The minimum Gasteiger partial charge on any atom is -0.316 e. The van der Waals surface area contributed by atoms with Crippen LogP contribution in [0, 0.1) is 0 Å². The van der Waals surface area contributed by atoms with Crippen molar-refractivity contribution >= 4 is 0 Å². The molecule has 16 heavy (non-hydrogen) atoms. The van der Waals surface area contributed by atoms with Gasteiger partial charge in [-0.1, -0.05) is 6.92 Å². The van der Waals surface area contributed by atoms with Crippen molar-refractivity contribution in [1.82, 2.24) is 20.5 Å². The van der Waals surface area contributed by atoms with Crippen LogP contribution in [0.1, 0.15) is 18.2 Å². The van der Waals surface area contributed by atoms with Crippen molar-refractivity contribution in [3.8, 4) is 11.3 Å². The molecule has 0 atom stereocenters. The fourth-order valence-electron chi connectivity index (χ4n) is 1.81. The maximum Gasteiger partial charge on any atom is 0.0969 e. The molecule has 2 rings (SSSR count). The molecule has 2 heterocycles. The summed E-state index contributed by atoms with van der Waals surface area (Å²) in [5.74, 6) is 0. The van der Waals surface area contributed by atoms with Gasteiger partial charge >= 0.3 is 0 Å². The molecule has 0 unspecified atom stereocenters. The summed E-state index contributed by atoms with van der Waals surface area (Å²) >= 11 is 0. The van der Waals surface area contributed by atoms with Gasteiger partial charge < -0.3 is 5.32 Å². The van der Waals surface area contributed by atoms with Crippen molar-refractivity contribution < 1.29 is 0 Å². The largest absolute Gasteiger partial charge is 0.316 e. The van der Waals surface area contributed by atoms with E-state index in [0.717, 1.165) is 24.2 Å². The summed E-state index contributed by atoms with van der Waals surface area (Å²) in [7, 11) is 1.95. The number of aromatic nitrogens is 3. The number of nitrogens with zero attached hydrogens (tertiary/aromatic N) is 2. The summed E-state index contributed by atoms with van der Waals surface area (Å²) in [5, 5.41) is 10.7. The molecule has 0 aliphatic heterocycles. The zero-order chi connectivity index (χ0) is 11.4. The lowest BCUT2D eigenvalue weighted by Gasteiger charge is -2.03. The van der Waals surface area contributed by atoms with Crippen LogP contribution >= 0.6 is 0 Å². The first kappa shape index (κ1) is 10.8. The van der Waals surface area contributed by atoms with Gasteiger partial charge in [-0.3, -0.25) is 10.1 Å². The zero-order valence-electron chi connectivity index (χ0n) is 9.62. The minimum absolute atomic E-state index is 0.831. The smallest absolute Gasteiger partial charge is 0.0969 e. The zero-order valence-corrected chi connectivity index (χ0v) is 9.62. The highest BCUT2D eigenvalue weighted by molar-refractivity contribution is 5.63. The van der Waals surface area contributed by atoms with Crippen molar-refractivity contribution in [3.63, 3.8) is 0 Å². The van der Waals surface area contributed by atoms with Gasteiger partial charge in [0.15, 0.2) is 0 Å². The van der Waals surface area contributed by atoms with Gasteiger partial charge in [-0.25, -0.2) is 0 Å². The number of pyridine rings is 1. The second kappa shape index (κ2) is 4.90. The molecule has 0 saturated carbocycles. The molecule has 0 amide bonds. The summed E-state index contributed by atoms with van der Waals surface area (Å²) in [4.78, 5) is 4.02. The lowest BCUT2D eigenvalue weighted by Crippen LogP contribution is -2.07. The Morgan fingerprint density at radius 2 is 2.06 bits per heavy atom. The first-order valence-corrected chi connectivity index (χ1v) is 5.48. The number of hydrogen-bond acceptors (Lipinski definition) is 3. The molecule has 2 aromatic heterocycles. The summed E-state index contributed by atoms with van der Waals surface area (Å²) in [6.07, 6.45) is 4.55. The van der Waals surface area contributed by atoms with E-state index < -0.39 is 0 Å². The van der Waals surface area contributed by atoms with E-state index in [1.54, 1.807) is 12.4 Å². The van der Waals surface area contributed by atoms with Crippen LogP contribution in [-0.2, 0) is 13.0 Å². The second-order valence-corrected chi connectivity index (χ2v) is 3.65. The van der Waals surface area contributed by atoms with E-state index in [2.05, 4.69) is 27.4 Å².